The van der Waals surface area contributed by atoms with Gasteiger partial charge in [0.1, 0.15) is 0 Å². The summed E-state index contributed by atoms with van der Waals surface area (Å²) in [6.45, 7) is 0. The number of rotatable bonds is 9. The third-order valence-electron chi connectivity index (χ3n) is 16.3. The summed E-state index contributed by atoms with van der Waals surface area (Å²) in [5.41, 5.74) is 20.4. The topological polar surface area (TPSA) is 8.17 Å². The summed E-state index contributed by atoms with van der Waals surface area (Å²) >= 11 is 0. The Morgan fingerprint density at radius 2 is 0.973 bits per heavy atom. The minimum Gasteiger partial charge on any atom is -0.310 e. The molecule has 73 heavy (non-hydrogen) atoms. The third-order valence-corrected chi connectivity index (χ3v) is 16.3. The number of aromatic nitrogens is 1. The Morgan fingerprint density at radius 1 is 0.384 bits per heavy atom. The Bertz CT molecular complexity index is 3950. The number of para-hydroxylation sites is 3. The van der Waals surface area contributed by atoms with Crippen molar-refractivity contribution in [1.29, 1.82) is 0 Å². The van der Waals surface area contributed by atoms with E-state index in [9.17, 15) is 0 Å². The molecule has 2 aliphatic rings. The summed E-state index contributed by atoms with van der Waals surface area (Å²) < 4.78 is 2.41. The van der Waals surface area contributed by atoms with Crippen LogP contribution in [0.3, 0.4) is 0 Å². The van der Waals surface area contributed by atoms with Gasteiger partial charge in [0.15, 0.2) is 0 Å². The average molecular weight is 935 g/mol. The maximum Gasteiger partial charge on any atom is 0.0714 e. The van der Waals surface area contributed by atoms with Crippen LogP contribution in [-0.4, -0.2) is 4.57 Å². The van der Waals surface area contributed by atoms with Crippen LogP contribution in [0.15, 0.2) is 261 Å². The first-order valence-corrected chi connectivity index (χ1v) is 26.2. The second-order valence-electron chi connectivity index (χ2n) is 20.2. The van der Waals surface area contributed by atoms with Gasteiger partial charge in [-0.2, -0.15) is 0 Å². The van der Waals surface area contributed by atoms with Crippen LogP contribution < -0.4 is 4.90 Å². The van der Waals surface area contributed by atoms with Crippen molar-refractivity contribution in [3.8, 4) is 39.1 Å². The molecule has 348 valence electrons. The molecule has 1 aromatic heterocycles. The number of fused-ring (bicyclic) bond motifs is 7. The lowest BCUT2D eigenvalue weighted by Crippen LogP contribution is -2.28. The van der Waals surface area contributed by atoms with E-state index < -0.39 is 5.41 Å². The molecule has 1 heterocycles. The molecule has 0 radical (unpaired) electrons. The zero-order valence-corrected chi connectivity index (χ0v) is 40.8. The van der Waals surface area contributed by atoms with E-state index >= 15 is 0 Å². The predicted octanol–water partition coefficient (Wildman–Crippen LogP) is 19.2. The number of nitrogens with zero attached hydrogens (tertiary/aromatic N) is 2. The first-order valence-electron chi connectivity index (χ1n) is 26.2. The van der Waals surface area contributed by atoms with Gasteiger partial charge in [0.2, 0.25) is 0 Å². The van der Waals surface area contributed by atoms with E-state index in [1.165, 1.54) is 126 Å². The summed E-state index contributed by atoms with van der Waals surface area (Å²) in [7, 11) is 0. The van der Waals surface area contributed by atoms with Gasteiger partial charge in [0, 0.05) is 33.4 Å². The maximum absolute atomic E-state index is 2.53. The van der Waals surface area contributed by atoms with Crippen LogP contribution in [0.1, 0.15) is 65.8 Å². The van der Waals surface area contributed by atoms with Crippen molar-refractivity contribution >= 4 is 49.6 Å². The molecule has 2 aliphatic carbocycles. The third kappa shape index (κ3) is 7.00. The summed E-state index contributed by atoms with van der Waals surface area (Å²) in [5.74, 6) is 0.560. The van der Waals surface area contributed by atoms with Gasteiger partial charge >= 0.3 is 0 Å². The zero-order chi connectivity index (χ0) is 48.3. The van der Waals surface area contributed by atoms with Gasteiger partial charge in [0.05, 0.1) is 22.1 Å². The quantitative estimate of drug-likeness (QED) is 0.140. The fraction of sp³-hybridized carbons (Fsp3) is 0.0986. The Kier molecular flexibility index (Phi) is 10.5. The minimum atomic E-state index is -0.537. The molecule has 1 saturated carbocycles. The molecule has 11 aromatic carbocycles. The lowest BCUT2D eigenvalue weighted by Gasteiger charge is -2.35. The molecule has 1 fully saturated rings. The van der Waals surface area contributed by atoms with E-state index in [-0.39, 0.29) is 0 Å². The lowest BCUT2D eigenvalue weighted by atomic mass is 9.67. The highest BCUT2D eigenvalue weighted by Gasteiger charge is 2.46. The number of anilines is 3. The molecule has 0 bridgehead atoms. The number of hydrogen-bond acceptors (Lipinski definition) is 1. The van der Waals surface area contributed by atoms with E-state index in [0.29, 0.717) is 5.92 Å². The van der Waals surface area contributed by atoms with Crippen LogP contribution in [-0.2, 0) is 5.41 Å². The van der Waals surface area contributed by atoms with Crippen LogP contribution in [0, 0.1) is 0 Å². The van der Waals surface area contributed by atoms with E-state index in [2.05, 4.69) is 270 Å². The summed E-state index contributed by atoms with van der Waals surface area (Å²) in [6.07, 6.45) is 6.42. The van der Waals surface area contributed by atoms with Crippen molar-refractivity contribution in [1.82, 2.24) is 4.57 Å². The Morgan fingerprint density at radius 3 is 1.74 bits per heavy atom. The maximum atomic E-state index is 2.53. The molecule has 0 unspecified atom stereocenters. The molecule has 2 heteroatoms. The first kappa shape index (κ1) is 43.1. The van der Waals surface area contributed by atoms with Crippen molar-refractivity contribution < 1.29 is 0 Å². The van der Waals surface area contributed by atoms with E-state index in [0.717, 1.165) is 22.7 Å². The normalized spacial score (nSPS) is 14.1. The smallest absolute Gasteiger partial charge is 0.0714 e. The van der Waals surface area contributed by atoms with Crippen LogP contribution in [0.2, 0.25) is 0 Å². The molecule has 0 spiro atoms. The van der Waals surface area contributed by atoms with Gasteiger partial charge in [0.25, 0.3) is 0 Å². The zero-order valence-electron chi connectivity index (χ0n) is 40.8. The molecule has 0 saturated heterocycles. The van der Waals surface area contributed by atoms with Crippen LogP contribution >= 0.6 is 0 Å². The fourth-order valence-corrected chi connectivity index (χ4v) is 13.1. The first-order chi connectivity index (χ1) is 36.2. The van der Waals surface area contributed by atoms with Gasteiger partial charge < -0.3 is 9.47 Å². The molecule has 14 rings (SSSR count). The number of benzene rings is 11. The van der Waals surface area contributed by atoms with Gasteiger partial charge in [-0.3, -0.25) is 0 Å². The molecular formula is C71H54N2. The highest BCUT2D eigenvalue weighted by Crippen LogP contribution is 2.58. The molecule has 0 N–H and O–H groups in total. The standard InChI is InChI=1S/C71H54N2/c1-5-21-50(22-6-1)58-34-19-23-51-24-20-35-64(70(51)58)62-33-15-17-37-67(62)72(56-42-39-49(40-43-56)52-41-45-63-61-32-14-18-38-68(61)73(69(63)47-52)55-29-11-4-12-30-55)57-44-46-60-59-31-13-16-36-65(59)71(66(60)48-57,53-25-7-2-8-26-53)54-27-9-3-10-28-54/h2-4,7-20,23-48,50H,1,5-6,21-22H2. The summed E-state index contributed by atoms with van der Waals surface area (Å²) in [6, 6.07) is 97.5. The van der Waals surface area contributed by atoms with Crippen LogP contribution in [0.25, 0.3) is 71.6 Å². The van der Waals surface area contributed by atoms with Gasteiger partial charge in [-0.05, 0) is 140 Å². The van der Waals surface area contributed by atoms with E-state index in [4.69, 9.17) is 0 Å². The van der Waals surface area contributed by atoms with E-state index in [1.807, 2.05) is 0 Å². The van der Waals surface area contributed by atoms with Crippen molar-refractivity contribution in [2.75, 3.05) is 4.90 Å². The fourth-order valence-electron chi connectivity index (χ4n) is 13.1. The van der Waals surface area contributed by atoms with Crippen LogP contribution in [0.4, 0.5) is 17.1 Å². The molecule has 2 nitrogen and oxygen atoms in total. The average Bonchev–Trinajstić information content (AvgIpc) is 3.97. The minimum absolute atomic E-state index is 0.537. The molecule has 12 aromatic rings. The van der Waals surface area contributed by atoms with Crippen molar-refractivity contribution in [3.63, 3.8) is 0 Å². The second kappa shape index (κ2) is 17.8. The van der Waals surface area contributed by atoms with E-state index in [1.54, 1.807) is 0 Å². The Balaban J connectivity index is 0.983. The van der Waals surface area contributed by atoms with Crippen LogP contribution in [0.5, 0.6) is 0 Å². The summed E-state index contributed by atoms with van der Waals surface area (Å²) in [4.78, 5) is 2.53. The van der Waals surface area contributed by atoms with Crippen molar-refractivity contribution in [2.24, 2.45) is 0 Å². The SMILES string of the molecule is c1ccc(-n2c3ccccc3c3ccc(-c4ccc(N(c5ccc6c(c5)C(c5ccccc5)(c5ccccc5)c5ccccc5-6)c5ccccc5-c5cccc6cccc(C7CCCCC7)c56)cc4)cc32)cc1. The molecule has 0 aliphatic heterocycles. The highest BCUT2D eigenvalue weighted by atomic mass is 15.1. The lowest BCUT2D eigenvalue weighted by molar-refractivity contribution is 0.445. The number of hydrogen-bond donors (Lipinski definition) is 0. The Labute approximate surface area is 428 Å². The Hall–Kier alpha value is -8.72. The van der Waals surface area contributed by atoms with Crippen molar-refractivity contribution in [3.05, 3.63) is 289 Å². The van der Waals surface area contributed by atoms with Crippen molar-refractivity contribution in [2.45, 2.75) is 43.4 Å². The highest BCUT2D eigenvalue weighted by molar-refractivity contribution is 6.10. The van der Waals surface area contributed by atoms with Gasteiger partial charge in [-0.15, -0.1) is 0 Å². The summed E-state index contributed by atoms with van der Waals surface area (Å²) in [5, 5.41) is 5.21. The predicted molar refractivity (Wildman–Crippen MR) is 307 cm³/mol. The molecule has 0 atom stereocenters. The monoisotopic (exact) mass is 934 g/mol. The van der Waals surface area contributed by atoms with Gasteiger partial charge in [-0.1, -0.05) is 226 Å². The largest absolute Gasteiger partial charge is 0.310 e. The second-order valence-corrected chi connectivity index (χ2v) is 20.2. The molecular weight excluding hydrogens is 881 g/mol. The van der Waals surface area contributed by atoms with Gasteiger partial charge in [-0.25, -0.2) is 0 Å². The molecule has 0 amide bonds.